The summed E-state index contributed by atoms with van der Waals surface area (Å²) in [6.45, 7) is 0. The quantitative estimate of drug-likeness (QED) is 0.397. The number of aromatic nitrogens is 6. The molecule has 1 aromatic carbocycles. The summed E-state index contributed by atoms with van der Waals surface area (Å²) in [7, 11) is 1.75. The SMILES string of the molecule is Cn1cnc(C[C@H](NC(=O)c2ccc(-c3cn(-c4cccc(Cl)n4)nn3)c(F)c2)C(=O)O)c1. The van der Waals surface area contributed by atoms with Gasteiger partial charge in [0.05, 0.1) is 18.2 Å². The Morgan fingerprint density at radius 3 is 2.73 bits per heavy atom. The molecule has 1 atom stereocenters. The minimum Gasteiger partial charge on any atom is -0.480 e. The number of carbonyl (C=O) groups is 2. The number of halogens is 2. The van der Waals surface area contributed by atoms with Gasteiger partial charge in [-0.05, 0) is 30.3 Å². The molecule has 168 valence electrons. The molecule has 1 amide bonds. The minimum atomic E-state index is -1.22. The van der Waals surface area contributed by atoms with Crippen molar-refractivity contribution in [2.75, 3.05) is 0 Å². The van der Waals surface area contributed by atoms with Gasteiger partial charge in [0.25, 0.3) is 5.91 Å². The second-order valence-corrected chi connectivity index (χ2v) is 7.55. The number of pyridine rings is 1. The van der Waals surface area contributed by atoms with E-state index >= 15 is 0 Å². The van der Waals surface area contributed by atoms with Crippen LogP contribution in [0.1, 0.15) is 16.1 Å². The first-order valence-electron chi connectivity index (χ1n) is 9.66. The number of hydrogen-bond acceptors (Lipinski definition) is 6. The van der Waals surface area contributed by atoms with Gasteiger partial charge in [0, 0.05) is 30.8 Å². The van der Waals surface area contributed by atoms with E-state index in [2.05, 4.69) is 25.6 Å². The highest BCUT2D eigenvalue weighted by Crippen LogP contribution is 2.22. The number of nitrogens with one attached hydrogen (secondary N) is 1. The van der Waals surface area contributed by atoms with Crippen molar-refractivity contribution in [3.8, 4) is 17.1 Å². The molecule has 0 aliphatic rings. The summed E-state index contributed by atoms with van der Waals surface area (Å²) < 4.78 is 17.8. The number of imidazole rings is 1. The average molecular weight is 470 g/mol. The van der Waals surface area contributed by atoms with E-state index in [0.717, 1.165) is 6.07 Å². The van der Waals surface area contributed by atoms with Crippen LogP contribution in [0.5, 0.6) is 0 Å². The molecular weight excluding hydrogens is 453 g/mol. The van der Waals surface area contributed by atoms with Crippen molar-refractivity contribution in [1.29, 1.82) is 0 Å². The molecule has 4 aromatic rings. The second kappa shape index (κ2) is 9.17. The molecule has 0 radical (unpaired) electrons. The minimum absolute atomic E-state index is 0.0108. The van der Waals surface area contributed by atoms with E-state index in [1.54, 1.807) is 36.0 Å². The van der Waals surface area contributed by atoms with Gasteiger partial charge in [-0.2, -0.15) is 0 Å². The van der Waals surface area contributed by atoms with Crippen LogP contribution in [0.15, 0.2) is 55.1 Å². The van der Waals surface area contributed by atoms with Crippen LogP contribution in [0, 0.1) is 5.82 Å². The molecule has 4 rings (SSSR count). The summed E-state index contributed by atoms with van der Waals surface area (Å²) in [5.41, 5.74) is 0.805. The van der Waals surface area contributed by atoms with Gasteiger partial charge in [0.15, 0.2) is 5.82 Å². The Balaban J connectivity index is 1.51. The van der Waals surface area contributed by atoms with Crippen molar-refractivity contribution in [1.82, 2.24) is 34.8 Å². The summed E-state index contributed by atoms with van der Waals surface area (Å²) in [4.78, 5) is 32.3. The highest BCUT2D eigenvalue weighted by Gasteiger charge is 2.23. The molecule has 0 saturated carbocycles. The van der Waals surface area contributed by atoms with Gasteiger partial charge >= 0.3 is 5.97 Å². The molecule has 3 aromatic heterocycles. The van der Waals surface area contributed by atoms with Crippen LogP contribution < -0.4 is 5.32 Å². The van der Waals surface area contributed by atoms with Gasteiger partial charge in [-0.1, -0.05) is 22.9 Å². The van der Waals surface area contributed by atoms with Crippen molar-refractivity contribution in [3.05, 3.63) is 77.3 Å². The fraction of sp³-hybridized carbons (Fsp3) is 0.143. The van der Waals surface area contributed by atoms with Crippen LogP contribution in [0.4, 0.5) is 4.39 Å². The first kappa shape index (κ1) is 22.1. The Hall–Kier alpha value is -4.12. The Morgan fingerprint density at radius 1 is 1.24 bits per heavy atom. The second-order valence-electron chi connectivity index (χ2n) is 7.16. The summed E-state index contributed by atoms with van der Waals surface area (Å²) in [5, 5.41) is 20.0. The van der Waals surface area contributed by atoms with Crippen molar-refractivity contribution in [2.45, 2.75) is 12.5 Å². The zero-order valence-electron chi connectivity index (χ0n) is 17.2. The van der Waals surface area contributed by atoms with Crippen molar-refractivity contribution >= 4 is 23.5 Å². The lowest BCUT2D eigenvalue weighted by molar-refractivity contribution is -0.139. The largest absolute Gasteiger partial charge is 0.480 e. The first-order chi connectivity index (χ1) is 15.8. The van der Waals surface area contributed by atoms with E-state index in [1.807, 2.05) is 0 Å². The third kappa shape index (κ3) is 5.04. The van der Waals surface area contributed by atoms with Crippen LogP contribution >= 0.6 is 11.6 Å². The first-order valence-corrected chi connectivity index (χ1v) is 10.0. The Labute approximate surface area is 191 Å². The van der Waals surface area contributed by atoms with E-state index in [-0.39, 0.29) is 28.4 Å². The fourth-order valence-corrected chi connectivity index (χ4v) is 3.27. The topological polar surface area (TPSA) is 128 Å². The highest BCUT2D eigenvalue weighted by atomic mass is 35.5. The molecule has 0 spiro atoms. The number of aliphatic carboxylic acids is 1. The molecule has 0 unspecified atom stereocenters. The molecule has 0 saturated heterocycles. The van der Waals surface area contributed by atoms with Gasteiger partial charge < -0.3 is 15.0 Å². The molecule has 0 aliphatic carbocycles. The lowest BCUT2D eigenvalue weighted by atomic mass is 10.1. The summed E-state index contributed by atoms with van der Waals surface area (Å²) in [6.07, 6.45) is 4.65. The lowest BCUT2D eigenvalue weighted by Gasteiger charge is -2.14. The maximum absolute atomic E-state index is 14.8. The van der Waals surface area contributed by atoms with Gasteiger partial charge in [-0.15, -0.1) is 5.10 Å². The number of carbonyl (C=O) groups excluding carboxylic acids is 1. The molecular formula is C21H17ClFN7O3. The normalized spacial score (nSPS) is 11.8. The van der Waals surface area contributed by atoms with Crippen LogP contribution in [-0.2, 0) is 18.3 Å². The van der Waals surface area contributed by atoms with Crippen LogP contribution in [-0.4, -0.2) is 52.6 Å². The van der Waals surface area contributed by atoms with E-state index < -0.39 is 23.7 Å². The molecule has 10 nitrogen and oxygen atoms in total. The summed E-state index contributed by atoms with van der Waals surface area (Å²) in [6, 6.07) is 7.51. The van der Waals surface area contributed by atoms with E-state index in [0.29, 0.717) is 11.5 Å². The van der Waals surface area contributed by atoms with E-state index in [4.69, 9.17) is 11.6 Å². The number of nitrogens with zero attached hydrogens (tertiary/aromatic N) is 6. The molecule has 0 bridgehead atoms. The predicted octanol–water partition coefficient (Wildman–Crippen LogP) is 2.28. The number of amides is 1. The maximum Gasteiger partial charge on any atom is 0.326 e. The monoisotopic (exact) mass is 469 g/mol. The maximum atomic E-state index is 14.8. The van der Waals surface area contributed by atoms with Crippen LogP contribution in [0.3, 0.4) is 0 Å². The number of rotatable bonds is 7. The van der Waals surface area contributed by atoms with Crippen LogP contribution in [0.25, 0.3) is 17.1 Å². The number of hydrogen-bond donors (Lipinski definition) is 2. The van der Waals surface area contributed by atoms with Crippen molar-refractivity contribution in [2.24, 2.45) is 7.05 Å². The van der Waals surface area contributed by atoms with E-state index in [9.17, 15) is 19.1 Å². The Kier molecular flexibility index (Phi) is 6.13. The number of carboxylic acids is 1. The van der Waals surface area contributed by atoms with Crippen molar-refractivity contribution < 1.29 is 19.1 Å². The molecule has 2 N–H and O–H groups in total. The zero-order chi connectivity index (χ0) is 23.5. The number of aryl methyl sites for hydroxylation is 1. The van der Waals surface area contributed by atoms with Gasteiger partial charge in [0.2, 0.25) is 0 Å². The van der Waals surface area contributed by atoms with Gasteiger partial charge in [0.1, 0.15) is 22.7 Å². The third-order valence-electron chi connectivity index (χ3n) is 4.71. The average Bonchev–Trinajstić information content (AvgIpc) is 3.42. The summed E-state index contributed by atoms with van der Waals surface area (Å²) >= 11 is 5.88. The molecule has 33 heavy (non-hydrogen) atoms. The summed E-state index contributed by atoms with van der Waals surface area (Å²) in [5.74, 6) is -2.26. The standard InChI is InChI=1S/C21H17ClFN7O3/c1-29-9-13(24-11-29)8-16(21(32)33)25-20(31)12-5-6-14(15(23)7-12)17-10-30(28-27-17)19-4-2-3-18(22)26-19/h2-7,9-11,16H,8H2,1H3,(H,25,31)(H,32,33)/t16-/m0/s1. The lowest BCUT2D eigenvalue weighted by Crippen LogP contribution is -2.42. The Bertz CT molecular complexity index is 1340. The number of carboxylic acid groups (broad SMARTS) is 1. The number of benzene rings is 1. The predicted molar refractivity (Wildman–Crippen MR) is 115 cm³/mol. The third-order valence-corrected chi connectivity index (χ3v) is 4.92. The van der Waals surface area contributed by atoms with Gasteiger partial charge in [-0.25, -0.2) is 23.8 Å². The van der Waals surface area contributed by atoms with Crippen LogP contribution in [0.2, 0.25) is 5.15 Å². The van der Waals surface area contributed by atoms with Gasteiger partial charge in [-0.3, -0.25) is 4.79 Å². The molecule has 0 fully saturated rings. The Morgan fingerprint density at radius 2 is 2.06 bits per heavy atom. The molecule has 0 aliphatic heterocycles. The van der Waals surface area contributed by atoms with Crippen molar-refractivity contribution in [3.63, 3.8) is 0 Å². The highest BCUT2D eigenvalue weighted by molar-refractivity contribution is 6.29. The van der Waals surface area contributed by atoms with E-state index in [1.165, 1.54) is 29.3 Å². The molecule has 12 heteroatoms. The fourth-order valence-electron chi connectivity index (χ4n) is 3.11. The zero-order valence-corrected chi connectivity index (χ0v) is 17.9. The smallest absolute Gasteiger partial charge is 0.326 e. The molecule has 3 heterocycles.